The number of carboxylic acids is 1. The maximum Gasteiger partial charge on any atom is 0.409 e. The molecule has 1 aromatic heterocycles. The Morgan fingerprint density at radius 3 is 2.49 bits per heavy atom. The highest BCUT2D eigenvalue weighted by molar-refractivity contribution is 5.99. The number of amides is 4. The van der Waals surface area contributed by atoms with E-state index in [0.717, 1.165) is 18.4 Å². The molecule has 2 aliphatic heterocycles. The summed E-state index contributed by atoms with van der Waals surface area (Å²) in [6.07, 6.45) is 0.782. The normalized spacial score (nSPS) is 17.2. The Balaban J connectivity index is 1.51. The second-order valence-electron chi connectivity index (χ2n) is 11.1. The molecular formula is C31H41N5O9. The van der Waals surface area contributed by atoms with E-state index in [0.29, 0.717) is 24.1 Å². The van der Waals surface area contributed by atoms with Gasteiger partial charge in [0.2, 0.25) is 5.91 Å². The van der Waals surface area contributed by atoms with Gasteiger partial charge in [-0.25, -0.2) is 9.78 Å². The van der Waals surface area contributed by atoms with E-state index in [-0.39, 0.29) is 75.6 Å². The Bertz CT molecular complexity index is 1410. The number of likely N-dealkylation sites (tertiary alicyclic amines) is 1. The molecule has 2 atom stereocenters. The number of ether oxygens (including phenoxy) is 3. The van der Waals surface area contributed by atoms with Gasteiger partial charge in [-0.2, -0.15) is 0 Å². The number of hydrogen-bond donors (Lipinski definition) is 2. The number of methoxy groups -OCH3 is 1. The molecule has 2 saturated heterocycles. The molecular weight excluding hydrogens is 586 g/mol. The largest absolute Gasteiger partial charge is 0.483 e. The van der Waals surface area contributed by atoms with Crippen LogP contribution < -0.4 is 10.1 Å². The van der Waals surface area contributed by atoms with Gasteiger partial charge < -0.3 is 39.3 Å². The molecule has 45 heavy (non-hydrogen) atoms. The number of carboxylic acid groups (broad SMARTS) is 1. The minimum absolute atomic E-state index is 0.0160. The van der Waals surface area contributed by atoms with Gasteiger partial charge in [0.25, 0.3) is 11.8 Å². The number of aromatic nitrogens is 1. The number of aliphatic carboxylic acids is 1. The summed E-state index contributed by atoms with van der Waals surface area (Å²) < 4.78 is 16.3. The van der Waals surface area contributed by atoms with Gasteiger partial charge in [-0.3, -0.25) is 19.2 Å². The summed E-state index contributed by atoms with van der Waals surface area (Å²) >= 11 is 0. The van der Waals surface area contributed by atoms with Gasteiger partial charge in [-0.1, -0.05) is 6.07 Å². The van der Waals surface area contributed by atoms with E-state index in [1.807, 2.05) is 13.0 Å². The van der Waals surface area contributed by atoms with Crippen LogP contribution in [0.25, 0.3) is 10.9 Å². The van der Waals surface area contributed by atoms with Crippen molar-refractivity contribution < 1.29 is 43.3 Å². The van der Waals surface area contributed by atoms with Crippen LogP contribution in [0.1, 0.15) is 48.7 Å². The monoisotopic (exact) mass is 627 g/mol. The molecule has 0 unspecified atom stereocenters. The number of carbonyl (C=O) groups excluding carboxylic acids is 4. The summed E-state index contributed by atoms with van der Waals surface area (Å²) in [5.74, 6) is -2.17. The van der Waals surface area contributed by atoms with Gasteiger partial charge in [-0.05, 0) is 50.8 Å². The highest BCUT2D eigenvalue weighted by Crippen LogP contribution is 2.27. The fraction of sp³-hybridized carbons (Fsp3) is 0.548. The van der Waals surface area contributed by atoms with Crippen LogP contribution in [-0.4, -0.2) is 126 Å². The van der Waals surface area contributed by atoms with Gasteiger partial charge in [-0.15, -0.1) is 0 Å². The first-order valence-corrected chi connectivity index (χ1v) is 15.2. The first-order valence-electron chi connectivity index (χ1n) is 15.2. The lowest BCUT2D eigenvalue weighted by Gasteiger charge is -2.35. The average molecular weight is 628 g/mol. The first-order chi connectivity index (χ1) is 21.6. The zero-order chi connectivity index (χ0) is 32.5. The molecule has 0 bridgehead atoms. The third-order valence-corrected chi connectivity index (χ3v) is 7.94. The molecule has 14 nitrogen and oxygen atoms in total. The zero-order valence-electron chi connectivity index (χ0n) is 26.0. The van der Waals surface area contributed by atoms with Crippen molar-refractivity contribution >= 4 is 40.7 Å². The zero-order valence-corrected chi connectivity index (χ0v) is 26.0. The second-order valence-corrected chi connectivity index (χ2v) is 11.1. The molecule has 0 radical (unpaired) electrons. The fourth-order valence-electron chi connectivity index (χ4n) is 5.60. The minimum atomic E-state index is -1.14. The SMILES string of the molecule is CCOC(=O)N1CCN(C(=O)[C@H](CCC(=O)O)NC(=O)c2cc(OCC(=O)N3CCC[C@H]3COC)c3ccc(C)cc3n2)CC1. The predicted molar refractivity (Wildman–Crippen MR) is 162 cm³/mol. The summed E-state index contributed by atoms with van der Waals surface area (Å²) in [4.78, 5) is 72.7. The minimum Gasteiger partial charge on any atom is -0.483 e. The van der Waals surface area contributed by atoms with Crippen LogP contribution in [-0.2, 0) is 23.9 Å². The molecule has 2 fully saturated rings. The summed E-state index contributed by atoms with van der Waals surface area (Å²) in [6.45, 7) is 5.55. The molecule has 1 aromatic carbocycles. The number of carbonyl (C=O) groups is 5. The molecule has 14 heteroatoms. The van der Waals surface area contributed by atoms with Crippen molar-refractivity contribution in [1.29, 1.82) is 0 Å². The summed E-state index contributed by atoms with van der Waals surface area (Å²) in [6, 6.07) is 5.72. The standard InChI is InChI=1S/C31H41N5O9/c1-4-44-31(42)35-14-12-34(13-15-35)30(41)23(9-10-28(38)39)33-29(40)25-17-26(22-8-7-20(2)16-24(22)32-25)45-19-27(37)36-11-5-6-21(36)18-43-3/h7-8,16-17,21,23H,4-6,9-15,18-19H2,1-3H3,(H,33,40)(H,38,39)/t21-,23-/m0/s1. The third-order valence-electron chi connectivity index (χ3n) is 7.94. The van der Waals surface area contributed by atoms with Crippen LogP contribution in [0.2, 0.25) is 0 Å². The van der Waals surface area contributed by atoms with E-state index in [1.165, 1.54) is 15.9 Å². The van der Waals surface area contributed by atoms with E-state index in [1.54, 1.807) is 31.1 Å². The Labute approximate surface area is 261 Å². The number of rotatable bonds is 12. The molecule has 0 spiro atoms. The summed E-state index contributed by atoms with van der Waals surface area (Å²) in [5.41, 5.74) is 1.31. The second kappa shape index (κ2) is 15.5. The summed E-state index contributed by atoms with van der Waals surface area (Å²) in [5, 5.41) is 12.6. The van der Waals surface area contributed by atoms with Crippen molar-refractivity contribution in [2.45, 2.75) is 51.6 Å². The lowest BCUT2D eigenvalue weighted by molar-refractivity contribution is -0.138. The highest BCUT2D eigenvalue weighted by atomic mass is 16.6. The quantitative estimate of drug-likeness (QED) is 0.354. The smallest absolute Gasteiger partial charge is 0.409 e. The van der Waals surface area contributed by atoms with Gasteiger partial charge in [0.05, 0.1) is 24.8 Å². The lowest BCUT2D eigenvalue weighted by atomic mass is 10.1. The van der Waals surface area contributed by atoms with Crippen LogP contribution >= 0.6 is 0 Å². The number of fused-ring (bicyclic) bond motifs is 1. The van der Waals surface area contributed by atoms with Gasteiger partial charge in [0.15, 0.2) is 6.61 Å². The number of aryl methyl sites for hydroxylation is 1. The topological polar surface area (TPSA) is 168 Å². The number of hydrogen-bond acceptors (Lipinski definition) is 9. The number of nitrogens with one attached hydrogen (secondary N) is 1. The molecule has 0 aliphatic carbocycles. The Hall–Kier alpha value is -4.46. The van der Waals surface area contributed by atoms with Gasteiger partial charge in [0, 0.05) is 57.7 Å². The van der Waals surface area contributed by atoms with Gasteiger partial charge in [0.1, 0.15) is 17.5 Å². The van der Waals surface area contributed by atoms with Crippen molar-refractivity contribution in [3.63, 3.8) is 0 Å². The molecule has 2 aliphatic rings. The molecule has 3 heterocycles. The highest BCUT2D eigenvalue weighted by Gasteiger charge is 2.32. The van der Waals surface area contributed by atoms with Crippen molar-refractivity contribution in [3.05, 3.63) is 35.5 Å². The van der Waals surface area contributed by atoms with E-state index >= 15 is 0 Å². The van der Waals surface area contributed by atoms with Crippen molar-refractivity contribution in [2.24, 2.45) is 0 Å². The molecule has 4 amide bonds. The van der Waals surface area contributed by atoms with Crippen LogP contribution in [0.15, 0.2) is 24.3 Å². The van der Waals surface area contributed by atoms with E-state index < -0.39 is 29.9 Å². The molecule has 4 rings (SSSR count). The third kappa shape index (κ3) is 8.59. The Morgan fingerprint density at radius 1 is 1.07 bits per heavy atom. The van der Waals surface area contributed by atoms with E-state index in [4.69, 9.17) is 14.2 Å². The number of pyridine rings is 1. The Morgan fingerprint density at radius 2 is 1.80 bits per heavy atom. The van der Waals surface area contributed by atoms with Crippen molar-refractivity contribution in [1.82, 2.24) is 25.0 Å². The number of piperazine rings is 1. The summed E-state index contributed by atoms with van der Waals surface area (Å²) in [7, 11) is 1.60. The molecule has 244 valence electrons. The number of nitrogens with zero attached hydrogens (tertiary/aromatic N) is 4. The first kappa shape index (κ1) is 33.4. The molecule has 2 N–H and O–H groups in total. The molecule has 0 saturated carbocycles. The molecule has 2 aromatic rings. The van der Waals surface area contributed by atoms with Crippen LogP contribution in [0.5, 0.6) is 5.75 Å². The van der Waals surface area contributed by atoms with E-state index in [9.17, 15) is 29.1 Å². The van der Waals surface area contributed by atoms with Crippen LogP contribution in [0, 0.1) is 6.92 Å². The van der Waals surface area contributed by atoms with Crippen LogP contribution in [0.4, 0.5) is 4.79 Å². The van der Waals surface area contributed by atoms with Crippen molar-refractivity contribution in [2.75, 3.05) is 59.7 Å². The van der Waals surface area contributed by atoms with Gasteiger partial charge >= 0.3 is 12.1 Å². The Kier molecular flexibility index (Phi) is 11.5. The lowest BCUT2D eigenvalue weighted by Crippen LogP contribution is -2.56. The number of benzene rings is 1. The maximum atomic E-state index is 13.5. The average Bonchev–Trinajstić information content (AvgIpc) is 3.49. The van der Waals surface area contributed by atoms with Crippen molar-refractivity contribution in [3.8, 4) is 5.75 Å². The fourth-order valence-corrected chi connectivity index (χ4v) is 5.60. The van der Waals surface area contributed by atoms with E-state index in [2.05, 4.69) is 10.3 Å². The maximum absolute atomic E-state index is 13.5. The predicted octanol–water partition coefficient (Wildman–Crippen LogP) is 1.82. The van der Waals surface area contributed by atoms with Crippen LogP contribution in [0.3, 0.4) is 0 Å².